The minimum absolute atomic E-state index is 0.125. The van der Waals surface area contributed by atoms with Crippen LogP contribution < -0.4 is 10.6 Å². The van der Waals surface area contributed by atoms with Crippen LogP contribution in [0.2, 0.25) is 5.28 Å². The smallest absolute Gasteiger partial charge is 0.225 e. The number of nitrogens with one attached hydrogen (secondary N) is 2. The summed E-state index contributed by atoms with van der Waals surface area (Å²) in [6, 6.07) is 19.5. The highest BCUT2D eigenvalue weighted by Gasteiger charge is 2.15. The maximum absolute atomic E-state index is 6.16. The summed E-state index contributed by atoms with van der Waals surface area (Å²) in [7, 11) is 0. The molecule has 2 aromatic carbocycles. The van der Waals surface area contributed by atoms with Crippen LogP contribution in [0.5, 0.6) is 0 Å². The van der Waals surface area contributed by atoms with Gasteiger partial charge in [0.15, 0.2) is 11.6 Å². The van der Waals surface area contributed by atoms with Gasteiger partial charge in [0.25, 0.3) is 0 Å². The van der Waals surface area contributed by atoms with E-state index in [2.05, 4.69) is 30.6 Å². The van der Waals surface area contributed by atoms with Crippen molar-refractivity contribution in [2.75, 3.05) is 10.6 Å². The van der Waals surface area contributed by atoms with E-state index in [1.54, 1.807) is 0 Å². The van der Waals surface area contributed by atoms with Gasteiger partial charge >= 0.3 is 0 Å². The summed E-state index contributed by atoms with van der Waals surface area (Å²) in [6.07, 6.45) is 0. The molecular formula is C19H15ClN6. The number of nitrogens with zero attached hydrogens (tertiary/aromatic N) is 4. The van der Waals surface area contributed by atoms with E-state index in [1.807, 2.05) is 67.6 Å². The van der Waals surface area contributed by atoms with Gasteiger partial charge in [0.2, 0.25) is 5.28 Å². The number of aromatic nitrogens is 4. The van der Waals surface area contributed by atoms with E-state index in [0.29, 0.717) is 28.5 Å². The SMILES string of the molecule is Cc1nc(Nc2ccccc2)c2nc(Cl)nc(Nc3ccccc3)c2n1. The van der Waals surface area contributed by atoms with Crippen molar-refractivity contribution >= 4 is 45.6 Å². The van der Waals surface area contributed by atoms with Crippen LogP contribution in [0.25, 0.3) is 11.0 Å². The zero-order valence-electron chi connectivity index (χ0n) is 13.9. The number of anilines is 4. The number of fused-ring (bicyclic) bond motifs is 1. The molecule has 0 aliphatic carbocycles. The lowest BCUT2D eigenvalue weighted by molar-refractivity contribution is 1.07. The maximum Gasteiger partial charge on any atom is 0.225 e. The number of aryl methyl sites for hydroxylation is 1. The van der Waals surface area contributed by atoms with E-state index in [1.165, 1.54) is 0 Å². The molecule has 2 heterocycles. The first-order valence-corrected chi connectivity index (χ1v) is 8.43. The molecule has 26 heavy (non-hydrogen) atoms. The molecule has 4 aromatic rings. The van der Waals surface area contributed by atoms with Crippen LogP contribution >= 0.6 is 11.6 Å². The molecule has 0 unspecified atom stereocenters. The second kappa shape index (κ2) is 6.93. The second-order valence-electron chi connectivity index (χ2n) is 5.64. The van der Waals surface area contributed by atoms with Gasteiger partial charge in [-0.15, -0.1) is 0 Å². The van der Waals surface area contributed by atoms with Crippen LogP contribution in [-0.4, -0.2) is 19.9 Å². The molecule has 2 N–H and O–H groups in total. The van der Waals surface area contributed by atoms with E-state index in [9.17, 15) is 0 Å². The molecule has 0 aliphatic rings. The summed E-state index contributed by atoms with van der Waals surface area (Å²) in [5.41, 5.74) is 2.94. The third-order valence-corrected chi connectivity index (χ3v) is 3.87. The lowest BCUT2D eigenvalue weighted by Crippen LogP contribution is -2.04. The molecule has 0 spiro atoms. The summed E-state index contributed by atoms with van der Waals surface area (Å²) in [4.78, 5) is 17.7. The van der Waals surface area contributed by atoms with Crippen LogP contribution in [0.3, 0.4) is 0 Å². The average Bonchev–Trinajstić information content (AvgIpc) is 2.64. The Bertz CT molecular complexity index is 967. The molecular weight excluding hydrogens is 348 g/mol. The van der Waals surface area contributed by atoms with E-state index < -0.39 is 0 Å². The Hall–Kier alpha value is -3.25. The maximum atomic E-state index is 6.16. The highest BCUT2D eigenvalue weighted by molar-refractivity contribution is 6.29. The minimum Gasteiger partial charge on any atom is -0.338 e. The van der Waals surface area contributed by atoms with Crippen LogP contribution in [-0.2, 0) is 0 Å². The normalized spacial score (nSPS) is 10.7. The van der Waals surface area contributed by atoms with Crippen molar-refractivity contribution in [3.05, 3.63) is 71.8 Å². The number of hydrogen-bond acceptors (Lipinski definition) is 6. The Morgan fingerprint density at radius 1 is 0.654 bits per heavy atom. The Kier molecular flexibility index (Phi) is 4.33. The highest BCUT2D eigenvalue weighted by Crippen LogP contribution is 2.29. The van der Waals surface area contributed by atoms with Gasteiger partial charge < -0.3 is 10.6 Å². The summed E-state index contributed by atoms with van der Waals surface area (Å²) in [6.45, 7) is 1.83. The predicted octanol–water partition coefficient (Wildman–Crippen LogP) is 4.87. The van der Waals surface area contributed by atoms with Gasteiger partial charge in [0.05, 0.1) is 0 Å². The fourth-order valence-corrected chi connectivity index (χ4v) is 2.76. The van der Waals surface area contributed by atoms with Crippen molar-refractivity contribution in [2.24, 2.45) is 0 Å². The zero-order valence-corrected chi connectivity index (χ0v) is 14.7. The number of benzene rings is 2. The zero-order chi connectivity index (χ0) is 17.9. The molecule has 7 heteroatoms. The van der Waals surface area contributed by atoms with E-state index >= 15 is 0 Å². The predicted molar refractivity (Wildman–Crippen MR) is 104 cm³/mol. The molecule has 0 atom stereocenters. The second-order valence-corrected chi connectivity index (χ2v) is 5.98. The van der Waals surface area contributed by atoms with Gasteiger partial charge in [0, 0.05) is 11.4 Å². The minimum atomic E-state index is 0.125. The molecule has 128 valence electrons. The molecule has 0 saturated heterocycles. The Morgan fingerprint density at radius 3 is 1.73 bits per heavy atom. The monoisotopic (exact) mass is 362 g/mol. The van der Waals surface area contributed by atoms with Gasteiger partial charge in [-0.2, -0.15) is 4.98 Å². The summed E-state index contributed by atoms with van der Waals surface area (Å²) in [5, 5.41) is 6.66. The van der Waals surface area contributed by atoms with Crippen molar-refractivity contribution in [1.82, 2.24) is 19.9 Å². The first-order chi connectivity index (χ1) is 12.7. The molecule has 0 fully saturated rings. The fourth-order valence-electron chi connectivity index (χ4n) is 2.59. The number of para-hydroxylation sites is 2. The standard InChI is InChI=1S/C19H15ClN6/c1-12-21-15-16(17(22-12)23-13-8-4-2-5-9-13)25-19(20)26-18(15)24-14-10-6-3-7-11-14/h2-11H,1H3,(H,21,22,23)(H,24,25,26). The first-order valence-electron chi connectivity index (χ1n) is 8.05. The fraction of sp³-hybridized carbons (Fsp3) is 0.0526. The number of hydrogen-bond donors (Lipinski definition) is 2. The van der Waals surface area contributed by atoms with Crippen LogP contribution in [0.15, 0.2) is 60.7 Å². The van der Waals surface area contributed by atoms with Crippen LogP contribution in [0, 0.1) is 6.92 Å². The molecule has 0 amide bonds. The average molecular weight is 363 g/mol. The van der Waals surface area contributed by atoms with Gasteiger partial charge in [-0.3, -0.25) is 0 Å². The first kappa shape index (κ1) is 16.2. The molecule has 0 aliphatic heterocycles. The topological polar surface area (TPSA) is 75.6 Å². The van der Waals surface area contributed by atoms with Gasteiger partial charge in [-0.25, -0.2) is 15.0 Å². The van der Waals surface area contributed by atoms with Crippen molar-refractivity contribution < 1.29 is 0 Å². The Labute approximate surface area is 155 Å². The van der Waals surface area contributed by atoms with Crippen LogP contribution in [0.4, 0.5) is 23.0 Å². The third kappa shape index (κ3) is 3.41. The highest BCUT2D eigenvalue weighted by atomic mass is 35.5. The Balaban J connectivity index is 1.84. The lowest BCUT2D eigenvalue weighted by Gasteiger charge is -2.12. The van der Waals surface area contributed by atoms with Gasteiger partial charge in [-0.1, -0.05) is 36.4 Å². The Morgan fingerprint density at radius 2 is 1.15 bits per heavy atom. The summed E-state index contributed by atoms with van der Waals surface area (Å²) in [5.74, 6) is 1.73. The van der Waals surface area contributed by atoms with Crippen LogP contribution in [0.1, 0.15) is 5.82 Å². The van der Waals surface area contributed by atoms with E-state index in [-0.39, 0.29) is 5.28 Å². The molecule has 2 aromatic heterocycles. The van der Waals surface area contributed by atoms with Gasteiger partial charge in [-0.05, 0) is 42.8 Å². The van der Waals surface area contributed by atoms with Crippen molar-refractivity contribution in [1.29, 1.82) is 0 Å². The van der Waals surface area contributed by atoms with E-state index in [0.717, 1.165) is 11.4 Å². The summed E-state index contributed by atoms with van der Waals surface area (Å²) >= 11 is 6.16. The largest absolute Gasteiger partial charge is 0.338 e. The molecule has 4 rings (SSSR count). The molecule has 6 nitrogen and oxygen atoms in total. The molecule has 0 radical (unpaired) electrons. The molecule has 0 bridgehead atoms. The third-order valence-electron chi connectivity index (χ3n) is 3.70. The quantitative estimate of drug-likeness (QED) is 0.504. The lowest BCUT2D eigenvalue weighted by atomic mass is 10.3. The van der Waals surface area contributed by atoms with Crippen molar-refractivity contribution in [3.63, 3.8) is 0 Å². The number of halogens is 1. The van der Waals surface area contributed by atoms with E-state index in [4.69, 9.17) is 11.6 Å². The van der Waals surface area contributed by atoms with Crippen molar-refractivity contribution in [2.45, 2.75) is 6.92 Å². The number of rotatable bonds is 4. The molecule has 0 saturated carbocycles. The summed E-state index contributed by atoms with van der Waals surface area (Å²) < 4.78 is 0. The van der Waals surface area contributed by atoms with Crippen molar-refractivity contribution in [3.8, 4) is 0 Å². The van der Waals surface area contributed by atoms with Gasteiger partial charge in [0.1, 0.15) is 16.9 Å².